The number of benzene rings is 1. The van der Waals surface area contributed by atoms with Crippen LogP contribution < -0.4 is 10.2 Å². The molecule has 122 valence electrons. The van der Waals surface area contributed by atoms with Gasteiger partial charge in [-0.2, -0.15) is 0 Å². The molecular formula is C18H25N5. The Balaban J connectivity index is 2.01. The highest BCUT2D eigenvalue weighted by atomic mass is 15.3. The third kappa shape index (κ3) is 5.29. The highest BCUT2D eigenvalue weighted by Gasteiger charge is 2.04. The molecule has 0 bridgehead atoms. The van der Waals surface area contributed by atoms with Crippen molar-refractivity contribution in [2.75, 3.05) is 33.1 Å². The van der Waals surface area contributed by atoms with Crippen LogP contribution in [0.5, 0.6) is 0 Å². The van der Waals surface area contributed by atoms with Crippen LogP contribution in [-0.2, 0) is 13.1 Å². The fraction of sp³-hybridized carbons (Fsp3) is 0.333. The minimum atomic E-state index is 0.646. The van der Waals surface area contributed by atoms with Crippen molar-refractivity contribution >= 4 is 11.8 Å². The number of rotatable bonds is 5. The van der Waals surface area contributed by atoms with Crippen molar-refractivity contribution in [3.05, 3.63) is 59.8 Å². The smallest absolute Gasteiger partial charge is 0.194 e. The van der Waals surface area contributed by atoms with E-state index in [4.69, 9.17) is 0 Å². The summed E-state index contributed by atoms with van der Waals surface area (Å²) < 4.78 is 0. The molecule has 5 nitrogen and oxygen atoms in total. The van der Waals surface area contributed by atoms with Gasteiger partial charge in [0, 0.05) is 28.2 Å². The Hall–Kier alpha value is -2.56. The summed E-state index contributed by atoms with van der Waals surface area (Å²) in [5.74, 6) is 1.81. The molecular weight excluding hydrogens is 286 g/mol. The lowest BCUT2D eigenvalue weighted by Gasteiger charge is -2.18. The number of anilines is 1. The quantitative estimate of drug-likeness (QED) is 0.680. The van der Waals surface area contributed by atoms with Gasteiger partial charge in [0.25, 0.3) is 0 Å². The lowest BCUT2D eigenvalue weighted by Crippen LogP contribution is -2.36. The van der Waals surface area contributed by atoms with Gasteiger partial charge in [-0.3, -0.25) is 0 Å². The van der Waals surface area contributed by atoms with Crippen molar-refractivity contribution in [1.29, 1.82) is 0 Å². The van der Waals surface area contributed by atoms with Gasteiger partial charge >= 0.3 is 0 Å². The molecule has 0 radical (unpaired) electrons. The largest absolute Gasteiger partial charge is 0.363 e. The van der Waals surface area contributed by atoms with Gasteiger partial charge in [-0.1, -0.05) is 36.4 Å². The number of nitrogens with zero attached hydrogens (tertiary/aromatic N) is 4. The molecule has 0 unspecified atom stereocenters. The molecule has 0 aliphatic heterocycles. The zero-order chi connectivity index (χ0) is 16.7. The number of aliphatic imine (C=N–C) groups is 1. The minimum absolute atomic E-state index is 0.646. The molecule has 0 atom stereocenters. The molecule has 0 aliphatic rings. The summed E-state index contributed by atoms with van der Waals surface area (Å²) in [5.41, 5.74) is 2.19. The first kappa shape index (κ1) is 16.8. The van der Waals surface area contributed by atoms with E-state index in [1.165, 1.54) is 5.56 Å². The highest BCUT2D eigenvalue weighted by molar-refractivity contribution is 5.79. The van der Waals surface area contributed by atoms with Crippen molar-refractivity contribution in [3.63, 3.8) is 0 Å². The Morgan fingerprint density at radius 1 is 1.00 bits per heavy atom. The SMILES string of the molecule is CN(C)C(=NCc1ccccc1)NCc1cccc(N(C)C)n1. The highest BCUT2D eigenvalue weighted by Crippen LogP contribution is 2.07. The maximum Gasteiger partial charge on any atom is 0.194 e. The zero-order valence-corrected chi connectivity index (χ0v) is 14.3. The fourth-order valence-corrected chi connectivity index (χ4v) is 2.09. The molecule has 0 spiro atoms. The first-order valence-electron chi connectivity index (χ1n) is 7.69. The van der Waals surface area contributed by atoms with Gasteiger partial charge in [0.1, 0.15) is 5.82 Å². The summed E-state index contributed by atoms with van der Waals surface area (Å²) >= 11 is 0. The third-order valence-electron chi connectivity index (χ3n) is 3.36. The van der Waals surface area contributed by atoms with E-state index in [1.807, 2.05) is 74.4 Å². The monoisotopic (exact) mass is 311 g/mol. The first-order chi connectivity index (χ1) is 11.1. The Labute approximate surface area is 138 Å². The van der Waals surface area contributed by atoms with Crippen molar-refractivity contribution < 1.29 is 0 Å². The molecule has 0 amide bonds. The van der Waals surface area contributed by atoms with Crippen molar-refractivity contribution in [2.24, 2.45) is 4.99 Å². The average Bonchev–Trinajstić information content (AvgIpc) is 2.55. The molecule has 0 saturated carbocycles. The van der Waals surface area contributed by atoms with Crippen LogP contribution in [0.3, 0.4) is 0 Å². The molecule has 0 aliphatic carbocycles. The molecule has 5 heteroatoms. The Morgan fingerprint density at radius 3 is 2.39 bits per heavy atom. The standard InChI is InChI=1S/C18H25N5/c1-22(2)17-12-8-11-16(21-17)14-20-18(23(3)4)19-13-15-9-6-5-7-10-15/h5-12H,13-14H2,1-4H3,(H,19,20). The second kappa shape index (κ2) is 8.17. The second-order valence-electron chi connectivity index (χ2n) is 5.75. The molecule has 1 N–H and O–H groups in total. The molecule has 1 aromatic heterocycles. The Morgan fingerprint density at radius 2 is 1.74 bits per heavy atom. The van der Waals surface area contributed by atoms with E-state index < -0.39 is 0 Å². The number of guanidine groups is 1. The van der Waals surface area contributed by atoms with Crippen LogP contribution in [0, 0.1) is 0 Å². The van der Waals surface area contributed by atoms with E-state index in [2.05, 4.69) is 27.4 Å². The van der Waals surface area contributed by atoms with Gasteiger partial charge < -0.3 is 15.1 Å². The van der Waals surface area contributed by atoms with E-state index in [1.54, 1.807) is 0 Å². The van der Waals surface area contributed by atoms with Gasteiger partial charge in [-0.05, 0) is 17.7 Å². The third-order valence-corrected chi connectivity index (χ3v) is 3.36. The Kier molecular flexibility index (Phi) is 5.97. The van der Waals surface area contributed by atoms with Gasteiger partial charge in [0.05, 0.1) is 18.8 Å². The number of nitrogens with one attached hydrogen (secondary N) is 1. The number of hydrogen-bond acceptors (Lipinski definition) is 3. The van der Waals surface area contributed by atoms with E-state index in [9.17, 15) is 0 Å². The lowest BCUT2D eigenvalue weighted by molar-refractivity contribution is 0.577. The summed E-state index contributed by atoms with van der Waals surface area (Å²) in [6.45, 7) is 1.31. The predicted molar refractivity (Wildman–Crippen MR) is 96.7 cm³/mol. The fourth-order valence-electron chi connectivity index (χ4n) is 2.09. The van der Waals surface area contributed by atoms with Gasteiger partial charge in [-0.25, -0.2) is 9.98 Å². The van der Waals surface area contributed by atoms with E-state index >= 15 is 0 Å². The number of hydrogen-bond donors (Lipinski definition) is 1. The van der Waals surface area contributed by atoms with Gasteiger partial charge in [-0.15, -0.1) is 0 Å². The van der Waals surface area contributed by atoms with Crippen LogP contribution in [0.25, 0.3) is 0 Å². The van der Waals surface area contributed by atoms with Crippen LogP contribution in [-0.4, -0.2) is 44.0 Å². The van der Waals surface area contributed by atoms with E-state index in [-0.39, 0.29) is 0 Å². The van der Waals surface area contributed by atoms with Crippen LogP contribution in [0.15, 0.2) is 53.5 Å². The van der Waals surface area contributed by atoms with E-state index in [0.29, 0.717) is 13.1 Å². The molecule has 23 heavy (non-hydrogen) atoms. The number of pyridine rings is 1. The molecule has 0 saturated heterocycles. The molecule has 1 aromatic carbocycles. The average molecular weight is 311 g/mol. The van der Waals surface area contributed by atoms with Crippen molar-refractivity contribution in [3.8, 4) is 0 Å². The van der Waals surface area contributed by atoms with Crippen LogP contribution in [0.2, 0.25) is 0 Å². The normalized spacial score (nSPS) is 11.2. The summed E-state index contributed by atoms with van der Waals surface area (Å²) in [6, 6.07) is 16.3. The molecule has 2 rings (SSSR count). The summed E-state index contributed by atoms with van der Waals surface area (Å²) in [7, 11) is 7.96. The van der Waals surface area contributed by atoms with Crippen molar-refractivity contribution in [2.45, 2.75) is 13.1 Å². The van der Waals surface area contributed by atoms with Gasteiger partial charge in [0.15, 0.2) is 5.96 Å². The van der Waals surface area contributed by atoms with Crippen LogP contribution >= 0.6 is 0 Å². The zero-order valence-electron chi connectivity index (χ0n) is 14.3. The van der Waals surface area contributed by atoms with Crippen molar-refractivity contribution in [1.82, 2.24) is 15.2 Å². The molecule has 2 aromatic rings. The Bertz CT molecular complexity index is 635. The summed E-state index contributed by atoms with van der Waals surface area (Å²) in [5, 5.41) is 3.37. The summed E-state index contributed by atoms with van der Waals surface area (Å²) in [6.07, 6.45) is 0. The maximum absolute atomic E-state index is 4.66. The number of aromatic nitrogens is 1. The van der Waals surface area contributed by atoms with E-state index in [0.717, 1.165) is 17.5 Å². The first-order valence-corrected chi connectivity index (χ1v) is 7.69. The lowest BCUT2D eigenvalue weighted by atomic mass is 10.2. The van der Waals surface area contributed by atoms with Gasteiger partial charge in [0.2, 0.25) is 0 Å². The minimum Gasteiger partial charge on any atom is -0.363 e. The maximum atomic E-state index is 4.66. The summed E-state index contributed by atoms with van der Waals surface area (Å²) in [4.78, 5) is 13.3. The second-order valence-corrected chi connectivity index (χ2v) is 5.75. The van der Waals surface area contributed by atoms with Crippen LogP contribution in [0.4, 0.5) is 5.82 Å². The molecule has 0 fully saturated rings. The molecule has 1 heterocycles. The predicted octanol–water partition coefficient (Wildman–Crippen LogP) is 2.36. The van der Waals surface area contributed by atoms with Crippen LogP contribution in [0.1, 0.15) is 11.3 Å². The topological polar surface area (TPSA) is 43.8 Å².